The fourth-order valence-electron chi connectivity index (χ4n) is 2.22. The van der Waals surface area contributed by atoms with E-state index in [1.807, 2.05) is 18.2 Å². The van der Waals surface area contributed by atoms with Gasteiger partial charge < -0.3 is 10.1 Å². The fourth-order valence-corrected chi connectivity index (χ4v) is 2.22. The second kappa shape index (κ2) is 8.98. The first-order valence-electron chi connectivity index (χ1n) is 7.46. The van der Waals surface area contributed by atoms with Crippen molar-refractivity contribution in [3.05, 3.63) is 78.4 Å². The monoisotopic (exact) mass is 281 g/mol. The average molecular weight is 281 g/mol. The Kier molecular flexibility index (Phi) is 6.56. The smallest absolute Gasteiger partial charge is 0.124 e. The van der Waals surface area contributed by atoms with E-state index in [2.05, 4.69) is 48.3 Å². The summed E-state index contributed by atoms with van der Waals surface area (Å²) in [5.74, 6) is 0.938. The Morgan fingerprint density at radius 2 is 1.76 bits per heavy atom. The molecule has 0 aliphatic heterocycles. The van der Waals surface area contributed by atoms with Crippen molar-refractivity contribution in [2.24, 2.45) is 0 Å². The Hall–Kier alpha value is -2.06. The van der Waals surface area contributed by atoms with E-state index in [9.17, 15) is 0 Å². The van der Waals surface area contributed by atoms with E-state index in [1.165, 1.54) is 11.1 Å². The zero-order chi connectivity index (χ0) is 14.8. The molecule has 2 aromatic carbocycles. The summed E-state index contributed by atoms with van der Waals surface area (Å²) in [6.07, 6.45) is 4.02. The van der Waals surface area contributed by atoms with Gasteiger partial charge in [-0.25, -0.2) is 0 Å². The van der Waals surface area contributed by atoms with E-state index in [4.69, 9.17) is 4.74 Å². The first kappa shape index (κ1) is 15.3. The van der Waals surface area contributed by atoms with Crippen LogP contribution in [0.5, 0.6) is 5.75 Å². The van der Waals surface area contributed by atoms with Crippen LogP contribution in [0.15, 0.2) is 67.3 Å². The van der Waals surface area contributed by atoms with Gasteiger partial charge in [0, 0.05) is 12.1 Å². The lowest BCUT2D eigenvalue weighted by atomic mass is 10.1. The summed E-state index contributed by atoms with van der Waals surface area (Å²) in [6, 6.07) is 18.7. The summed E-state index contributed by atoms with van der Waals surface area (Å²) >= 11 is 0. The quantitative estimate of drug-likeness (QED) is 0.554. The van der Waals surface area contributed by atoms with Crippen LogP contribution in [0.1, 0.15) is 17.5 Å². The van der Waals surface area contributed by atoms with Gasteiger partial charge in [-0.15, -0.1) is 0 Å². The second-order valence-electron chi connectivity index (χ2n) is 4.97. The van der Waals surface area contributed by atoms with Crippen molar-refractivity contribution in [3.63, 3.8) is 0 Å². The number of hydrogen-bond donors (Lipinski definition) is 1. The highest BCUT2D eigenvalue weighted by molar-refractivity contribution is 5.33. The van der Waals surface area contributed by atoms with Crippen molar-refractivity contribution < 1.29 is 4.74 Å². The third kappa shape index (κ3) is 5.44. The molecule has 0 heterocycles. The molecule has 1 N–H and O–H groups in total. The minimum absolute atomic E-state index is 0.547. The molecule has 0 amide bonds. The summed E-state index contributed by atoms with van der Waals surface area (Å²) < 4.78 is 5.65. The molecule has 2 rings (SSSR count). The number of hydrogen-bond acceptors (Lipinski definition) is 2. The Morgan fingerprint density at radius 3 is 2.57 bits per heavy atom. The molecule has 0 spiro atoms. The van der Waals surface area contributed by atoms with Crippen molar-refractivity contribution in [3.8, 4) is 5.75 Å². The van der Waals surface area contributed by atoms with E-state index < -0.39 is 0 Å². The molecular formula is C19H23NO. The zero-order valence-corrected chi connectivity index (χ0v) is 12.4. The number of aryl methyl sites for hydroxylation is 1. The van der Waals surface area contributed by atoms with Gasteiger partial charge in [-0.3, -0.25) is 0 Å². The maximum absolute atomic E-state index is 5.65. The number of nitrogens with one attached hydrogen (secondary N) is 1. The van der Waals surface area contributed by atoms with Gasteiger partial charge >= 0.3 is 0 Å². The van der Waals surface area contributed by atoms with Gasteiger partial charge in [0.05, 0.1) is 0 Å². The largest absolute Gasteiger partial charge is 0.489 e. The minimum Gasteiger partial charge on any atom is -0.489 e. The van der Waals surface area contributed by atoms with Crippen molar-refractivity contribution in [1.82, 2.24) is 5.32 Å². The Bertz CT molecular complexity index is 536. The molecule has 2 heteroatoms. The third-order valence-corrected chi connectivity index (χ3v) is 3.31. The van der Waals surface area contributed by atoms with Crippen LogP contribution < -0.4 is 10.1 Å². The highest BCUT2D eigenvalue weighted by atomic mass is 16.5. The van der Waals surface area contributed by atoms with Gasteiger partial charge in [-0.2, -0.15) is 0 Å². The van der Waals surface area contributed by atoms with E-state index in [-0.39, 0.29) is 0 Å². The summed E-state index contributed by atoms with van der Waals surface area (Å²) in [6.45, 7) is 6.07. The molecule has 0 saturated heterocycles. The van der Waals surface area contributed by atoms with Crippen LogP contribution in [0.3, 0.4) is 0 Å². The molecule has 2 aromatic rings. The molecule has 0 aliphatic carbocycles. The maximum atomic E-state index is 5.65. The van der Waals surface area contributed by atoms with E-state index in [0.29, 0.717) is 6.61 Å². The second-order valence-corrected chi connectivity index (χ2v) is 4.97. The molecule has 110 valence electrons. The molecule has 0 aromatic heterocycles. The van der Waals surface area contributed by atoms with Gasteiger partial charge in [0.1, 0.15) is 12.4 Å². The molecule has 2 nitrogen and oxygen atoms in total. The SMILES string of the molecule is C=CCOc1ccccc1CNCCCc1ccccc1. The van der Waals surface area contributed by atoms with Crippen LogP contribution in [-0.2, 0) is 13.0 Å². The van der Waals surface area contributed by atoms with Crippen molar-refractivity contribution in [1.29, 1.82) is 0 Å². The molecule has 0 fully saturated rings. The van der Waals surface area contributed by atoms with Gasteiger partial charge in [-0.1, -0.05) is 61.2 Å². The maximum Gasteiger partial charge on any atom is 0.124 e. The van der Waals surface area contributed by atoms with E-state index in [0.717, 1.165) is 31.7 Å². The lowest BCUT2D eigenvalue weighted by Gasteiger charge is -2.11. The van der Waals surface area contributed by atoms with Crippen LogP contribution in [0.25, 0.3) is 0 Å². The number of para-hydroxylation sites is 1. The normalized spacial score (nSPS) is 10.3. The number of benzene rings is 2. The molecule has 0 atom stereocenters. The summed E-state index contributed by atoms with van der Waals surface area (Å²) in [5, 5.41) is 3.48. The summed E-state index contributed by atoms with van der Waals surface area (Å²) in [4.78, 5) is 0. The molecule has 0 saturated carbocycles. The van der Waals surface area contributed by atoms with Crippen LogP contribution >= 0.6 is 0 Å². The van der Waals surface area contributed by atoms with Crippen molar-refractivity contribution in [2.75, 3.05) is 13.2 Å². The standard InChI is InChI=1S/C19H23NO/c1-2-15-21-19-13-7-6-12-18(19)16-20-14-8-11-17-9-4-3-5-10-17/h2-7,9-10,12-13,20H,1,8,11,14-16H2. The lowest BCUT2D eigenvalue weighted by Crippen LogP contribution is -2.16. The predicted molar refractivity (Wildman–Crippen MR) is 88.6 cm³/mol. The Labute approximate surface area is 127 Å². The molecule has 0 radical (unpaired) electrons. The van der Waals surface area contributed by atoms with Crippen LogP contribution in [-0.4, -0.2) is 13.2 Å². The highest BCUT2D eigenvalue weighted by Crippen LogP contribution is 2.17. The zero-order valence-electron chi connectivity index (χ0n) is 12.4. The minimum atomic E-state index is 0.547. The molecule has 21 heavy (non-hydrogen) atoms. The predicted octanol–water partition coefficient (Wildman–Crippen LogP) is 3.97. The van der Waals surface area contributed by atoms with Gasteiger partial charge in [-0.05, 0) is 31.0 Å². The van der Waals surface area contributed by atoms with Crippen LogP contribution in [0.2, 0.25) is 0 Å². The Balaban J connectivity index is 1.72. The van der Waals surface area contributed by atoms with Crippen LogP contribution in [0.4, 0.5) is 0 Å². The first-order valence-corrected chi connectivity index (χ1v) is 7.46. The highest BCUT2D eigenvalue weighted by Gasteiger charge is 2.01. The molecule has 0 aliphatic rings. The molecule has 0 unspecified atom stereocenters. The topological polar surface area (TPSA) is 21.3 Å². The first-order chi connectivity index (χ1) is 10.4. The third-order valence-electron chi connectivity index (χ3n) is 3.31. The summed E-state index contributed by atoms with van der Waals surface area (Å²) in [5.41, 5.74) is 2.59. The molecular weight excluding hydrogens is 258 g/mol. The van der Waals surface area contributed by atoms with Crippen LogP contribution in [0, 0.1) is 0 Å². The molecule has 0 bridgehead atoms. The summed E-state index contributed by atoms with van der Waals surface area (Å²) in [7, 11) is 0. The average Bonchev–Trinajstić information content (AvgIpc) is 2.54. The fraction of sp³-hybridized carbons (Fsp3) is 0.263. The van der Waals surface area contributed by atoms with E-state index >= 15 is 0 Å². The van der Waals surface area contributed by atoms with Crippen molar-refractivity contribution >= 4 is 0 Å². The number of ether oxygens (including phenoxy) is 1. The van der Waals surface area contributed by atoms with Gasteiger partial charge in [0.25, 0.3) is 0 Å². The number of rotatable bonds is 9. The van der Waals surface area contributed by atoms with Crippen molar-refractivity contribution in [2.45, 2.75) is 19.4 Å². The van der Waals surface area contributed by atoms with E-state index in [1.54, 1.807) is 6.08 Å². The van der Waals surface area contributed by atoms with Gasteiger partial charge in [0.15, 0.2) is 0 Å². The Morgan fingerprint density at radius 1 is 1.00 bits per heavy atom. The lowest BCUT2D eigenvalue weighted by molar-refractivity contribution is 0.358. The van der Waals surface area contributed by atoms with Gasteiger partial charge in [0.2, 0.25) is 0 Å².